The van der Waals surface area contributed by atoms with Crippen LogP contribution in [0, 0.1) is 13.8 Å². The molecule has 0 spiro atoms. The van der Waals surface area contributed by atoms with Gasteiger partial charge in [0.05, 0.1) is 0 Å². The molecule has 0 unspecified atom stereocenters. The summed E-state index contributed by atoms with van der Waals surface area (Å²) in [6.07, 6.45) is 3.40. The van der Waals surface area contributed by atoms with Crippen LogP contribution in [0.25, 0.3) is 0 Å². The fourth-order valence-corrected chi connectivity index (χ4v) is 1.60. The lowest BCUT2D eigenvalue weighted by Crippen LogP contribution is -1.96. The Morgan fingerprint density at radius 3 is 2.67 bits per heavy atom. The lowest BCUT2D eigenvalue weighted by molar-refractivity contribution is -0.120. The zero-order valence-corrected chi connectivity index (χ0v) is 9.67. The molecule has 0 atom stereocenters. The van der Waals surface area contributed by atoms with Gasteiger partial charge in [0, 0.05) is 0 Å². The molecule has 0 aromatic heterocycles. The van der Waals surface area contributed by atoms with Gasteiger partial charge in [-0.2, -0.15) is 0 Å². The highest BCUT2D eigenvalue weighted by Crippen LogP contribution is 2.24. The lowest BCUT2D eigenvalue weighted by atomic mass is 10.0. The van der Waals surface area contributed by atoms with Crippen molar-refractivity contribution in [2.45, 2.75) is 40.0 Å². The highest BCUT2D eigenvalue weighted by atomic mass is 16.5. The van der Waals surface area contributed by atoms with Gasteiger partial charge < -0.3 is 4.74 Å². The fourth-order valence-electron chi connectivity index (χ4n) is 1.60. The number of ether oxygens (including phenoxy) is 1. The first-order chi connectivity index (χ1) is 7.19. The average Bonchev–Trinajstić information content (AvgIpc) is 2.22. The maximum Gasteiger partial charge on any atom is 0.298 e. The second-order valence-electron chi connectivity index (χ2n) is 3.85. The monoisotopic (exact) mass is 206 g/mol. The topological polar surface area (TPSA) is 26.3 Å². The van der Waals surface area contributed by atoms with Gasteiger partial charge in [-0.15, -0.1) is 0 Å². The lowest BCUT2D eigenvalue weighted by Gasteiger charge is -2.09. The molecule has 0 saturated carbocycles. The number of hydrogen-bond acceptors (Lipinski definition) is 2. The van der Waals surface area contributed by atoms with Crippen molar-refractivity contribution in [2.75, 3.05) is 0 Å². The minimum absolute atomic E-state index is 0.491. The summed E-state index contributed by atoms with van der Waals surface area (Å²) in [4.78, 5) is 10.3. The molecule has 0 fully saturated rings. The van der Waals surface area contributed by atoms with Crippen molar-refractivity contribution in [3.63, 3.8) is 0 Å². The van der Waals surface area contributed by atoms with Gasteiger partial charge in [-0.1, -0.05) is 19.4 Å². The third-order valence-electron chi connectivity index (χ3n) is 2.67. The molecule has 0 aliphatic carbocycles. The molecular weight excluding hydrogens is 188 g/mol. The Labute approximate surface area is 91.3 Å². The summed E-state index contributed by atoms with van der Waals surface area (Å²) in [6, 6.07) is 4.13. The predicted octanol–water partition coefficient (Wildman–Crippen LogP) is 3.18. The zero-order valence-electron chi connectivity index (χ0n) is 9.67. The highest BCUT2D eigenvalue weighted by Gasteiger charge is 2.05. The van der Waals surface area contributed by atoms with E-state index in [0.29, 0.717) is 12.2 Å². The van der Waals surface area contributed by atoms with Crippen LogP contribution >= 0.6 is 0 Å². The minimum atomic E-state index is 0.491. The van der Waals surface area contributed by atoms with Crippen LogP contribution in [0.2, 0.25) is 0 Å². The van der Waals surface area contributed by atoms with Crippen molar-refractivity contribution >= 4 is 6.47 Å². The Morgan fingerprint density at radius 1 is 1.33 bits per heavy atom. The highest BCUT2D eigenvalue weighted by molar-refractivity contribution is 5.51. The SMILES string of the molecule is CCCCc1cc(C)c(C)c(OC=O)c1. The first kappa shape index (κ1) is 11.8. The van der Waals surface area contributed by atoms with Crippen LogP contribution in [-0.4, -0.2) is 6.47 Å². The van der Waals surface area contributed by atoms with Crippen molar-refractivity contribution in [3.05, 3.63) is 28.8 Å². The number of hydrogen-bond donors (Lipinski definition) is 0. The number of unbranched alkanes of at least 4 members (excludes halogenated alkanes) is 1. The van der Waals surface area contributed by atoms with Crippen LogP contribution in [0.4, 0.5) is 0 Å². The Morgan fingerprint density at radius 2 is 2.07 bits per heavy atom. The molecule has 1 aromatic carbocycles. The van der Waals surface area contributed by atoms with E-state index in [1.54, 1.807) is 0 Å². The molecule has 0 heterocycles. The first-order valence-electron chi connectivity index (χ1n) is 5.39. The second kappa shape index (κ2) is 5.54. The predicted molar refractivity (Wildman–Crippen MR) is 61.2 cm³/mol. The van der Waals surface area contributed by atoms with Gasteiger partial charge >= 0.3 is 0 Å². The van der Waals surface area contributed by atoms with Crippen molar-refractivity contribution in [1.82, 2.24) is 0 Å². The number of benzene rings is 1. The van der Waals surface area contributed by atoms with Crippen molar-refractivity contribution < 1.29 is 9.53 Å². The number of aryl methyl sites for hydroxylation is 2. The van der Waals surface area contributed by atoms with Crippen LogP contribution in [0.15, 0.2) is 12.1 Å². The molecule has 2 nitrogen and oxygen atoms in total. The van der Waals surface area contributed by atoms with Crippen LogP contribution in [0.5, 0.6) is 5.75 Å². The number of carbonyl (C=O) groups excluding carboxylic acids is 1. The number of rotatable bonds is 5. The van der Waals surface area contributed by atoms with Gasteiger partial charge in [0.15, 0.2) is 0 Å². The molecule has 0 aliphatic heterocycles. The molecular formula is C13H18O2. The van der Waals surface area contributed by atoms with Crippen LogP contribution < -0.4 is 4.74 Å². The van der Waals surface area contributed by atoms with E-state index in [1.807, 2.05) is 19.9 Å². The van der Waals surface area contributed by atoms with E-state index in [-0.39, 0.29) is 0 Å². The van der Waals surface area contributed by atoms with Crippen molar-refractivity contribution in [2.24, 2.45) is 0 Å². The van der Waals surface area contributed by atoms with E-state index in [4.69, 9.17) is 4.74 Å². The molecule has 0 bridgehead atoms. The fraction of sp³-hybridized carbons (Fsp3) is 0.462. The van der Waals surface area contributed by atoms with Gasteiger partial charge in [-0.3, -0.25) is 4.79 Å². The van der Waals surface area contributed by atoms with Gasteiger partial charge in [-0.25, -0.2) is 0 Å². The molecule has 0 radical (unpaired) electrons. The number of carbonyl (C=O) groups is 1. The molecule has 2 heteroatoms. The molecule has 1 aromatic rings. The summed E-state index contributed by atoms with van der Waals surface area (Å²) in [5, 5.41) is 0. The van der Waals surface area contributed by atoms with Crippen molar-refractivity contribution in [3.8, 4) is 5.75 Å². The smallest absolute Gasteiger partial charge is 0.298 e. The molecule has 15 heavy (non-hydrogen) atoms. The summed E-state index contributed by atoms with van der Waals surface area (Å²) in [6.45, 7) is 6.68. The quantitative estimate of drug-likeness (QED) is 0.692. The molecule has 0 saturated heterocycles. The average molecular weight is 206 g/mol. The Balaban J connectivity index is 2.94. The van der Waals surface area contributed by atoms with E-state index in [2.05, 4.69) is 13.0 Å². The van der Waals surface area contributed by atoms with E-state index in [9.17, 15) is 4.79 Å². The maximum atomic E-state index is 10.3. The van der Waals surface area contributed by atoms with E-state index >= 15 is 0 Å². The Hall–Kier alpha value is -1.31. The van der Waals surface area contributed by atoms with Gasteiger partial charge in [0.1, 0.15) is 5.75 Å². The third-order valence-corrected chi connectivity index (χ3v) is 2.67. The first-order valence-corrected chi connectivity index (χ1v) is 5.39. The molecule has 1 rings (SSSR count). The molecule has 0 N–H and O–H groups in total. The normalized spacial score (nSPS) is 10.1. The third kappa shape index (κ3) is 3.08. The summed E-state index contributed by atoms with van der Waals surface area (Å²) >= 11 is 0. The minimum Gasteiger partial charge on any atom is -0.428 e. The van der Waals surface area contributed by atoms with Gasteiger partial charge in [0.2, 0.25) is 0 Å². The van der Waals surface area contributed by atoms with E-state index in [0.717, 1.165) is 12.0 Å². The largest absolute Gasteiger partial charge is 0.428 e. The van der Waals surface area contributed by atoms with Gasteiger partial charge in [-0.05, 0) is 49.4 Å². The van der Waals surface area contributed by atoms with Crippen LogP contribution in [0.1, 0.15) is 36.5 Å². The molecule has 0 aliphatic rings. The summed E-state index contributed by atoms with van der Waals surface area (Å²) in [7, 11) is 0. The van der Waals surface area contributed by atoms with Crippen molar-refractivity contribution in [1.29, 1.82) is 0 Å². The summed E-state index contributed by atoms with van der Waals surface area (Å²) < 4.78 is 4.96. The molecule has 0 amide bonds. The standard InChI is InChI=1S/C13H18O2/c1-4-5-6-12-7-10(2)11(3)13(8-12)15-9-14/h7-9H,4-6H2,1-3H3. The van der Waals surface area contributed by atoms with Crippen LogP contribution in [-0.2, 0) is 11.2 Å². The Kier molecular flexibility index (Phi) is 4.35. The van der Waals surface area contributed by atoms with E-state index in [1.165, 1.54) is 24.0 Å². The van der Waals surface area contributed by atoms with Crippen LogP contribution in [0.3, 0.4) is 0 Å². The molecule has 82 valence electrons. The second-order valence-corrected chi connectivity index (χ2v) is 3.85. The van der Waals surface area contributed by atoms with Gasteiger partial charge in [0.25, 0.3) is 6.47 Å². The summed E-state index contributed by atoms with van der Waals surface area (Å²) in [5.41, 5.74) is 3.47. The maximum absolute atomic E-state index is 10.3. The Bertz CT molecular complexity index is 343. The summed E-state index contributed by atoms with van der Waals surface area (Å²) in [5.74, 6) is 0.691. The van der Waals surface area contributed by atoms with E-state index < -0.39 is 0 Å². The zero-order chi connectivity index (χ0) is 11.3.